The van der Waals surface area contributed by atoms with Crippen molar-refractivity contribution in [3.05, 3.63) is 23.0 Å². The normalized spacial score (nSPS) is 12.6. The zero-order valence-corrected chi connectivity index (χ0v) is 11.4. The van der Waals surface area contributed by atoms with Crippen LogP contribution in [0.5, 0.6) is 0 Å². The molecule has 86 valence electrons. The average Bonchev–Trinajstić information content (AvgIpc) is 2.58. The second kappa shape index (κ2) is 3.81. The fourth-order valence-corrected chi connectivity index (χ4v) is 2.49. The molecule has 0 amide bonds. The summed E-state index contributed by atoms with van der Waals surface area (Å²) in [4.78, 5) is 9.09. The minimum absolute atomic E-state index is 0.107. The first-order valence-electron chi connectivity index (χ1n) is 5.65. The van der Waals surface area contributed by atoms with Gasteiger partial charge in [0.25, 0.3) is 0 Å². The van der Waals surface area contributed by atoms with Crippen molar-refractivity contribution in [1.29, 1.82) is 0 Å². The van der Waals surface area contributed by atoms with Gasteiger partial charge in [0.15, 0.2) is 0 Å². The molecular weight excluding hydrogens is 216 g/mol. The SMILES string of the molecule is CC(C)c1nc2cnc(C(C)(C)C)cc2s1. The van der Waals surface area contributed by atoms with Crippen molar-refractivity contribution in [2.45, 2.75) is 46.0 Å². The first kappa shape index (κ1) is 11.5. The van der Waals surface area contributed by atoms with Crippen LogP contribution in [0.2, 0.25) is 0 Å². The Labute approximate surface area is 101 Å². The summed E-state index contributed by atoms with van der Waals surface area (Å²) in [6.45, 7) is 10.9. The van der Waals surface area contributed by atoms with Gasteiger partial charge in [-0.25, -0.2) is 4.98 Å². The van der Waals surface area contributed by atoms with E-state index in [4.69, 9.17) is 0 Å². The molecule has 2 rings (SSSR count). The molecular formula is C13H18N2S. The van der Waals surface area contributed by atoms with E-state index in [1.165, 1.54) is 9.71 Å². The Balaban J connectivity index is 2.54. The molecule has 0 spiro atoms. The van der Waals surface area contributed by atoms with Crippen molar-refractivity contribution in [1.82, 2.24) is 9.97 Å². The number of pyridine rings is 1. The lowest BCUT2D eigenvalue weighted by atomic mass is 9.92. The van der Waals surface area contributed by atoms with Gasteiger partial charge in [0.2, 0.25) is 0 Å². The molecule has 0 saturated carbocycles. The summed E-state index contributed by atoms with van der Waals surface area (Å²) in [5.74, 6) is 0.496. The van der Waals surface area contributed by atoms with E-state index < -0.39 is 0 Å². The Bertz CT molecular complexity index is 506. The van der Waals surface area contributed by atoms with E-state index in [-0.39, 0.29) is 5.41 Å². The van der Waals surface area contributed by atoms with Crippen molar-refractivity contribution < 1.29 is 0 Å². The number of nitrogens with zero attached hydrogens (tertiary/aromatic N) is 2. The quantitative estimate of drug-likeness (QED) is 0.742. The molecule has 2 aromatic rings. The monoisotopic (exact) mass is 234 g/mol. The first-order chi connectivity index (χ1) is 7.38. The third-order valence-corrected chi connectivity index (χ3v) is 3.87. The van der Waals surface area contributed by atoms with E-state index in [0.717, 1.165) is 11.2 Å². The van der Waals surface area contributed by atoms with Crippen molar-refractivity contribution in [3.8, 4) is 0 Å². The maximum absolute atomic E-state index is 4.59. The van der Waals surface area contributed by atoms with Crippen molar-refractivity contribution >= 4 is 21.6 Å². The van der Waals surface area contributed by atoms with E-state index in [2.05, 4.69) is 50.7 Å². The van der Waals surface area contributed by atoms with Gasteiger partial charge in [0, 0.05) is 17.0 Å². The van der Waals surface area contributed by atoms with Gasteiger partial charge >= 0.3 is 0 Å². The van der Waals surface area contributed by atoms with Crippen LogP contribution in [0.1, 0.15) is 51.2 Å². The van der Waals surface area contributed by atoms with Gasteiger partial charge in [-0.15, -0.1) is 11.3 Å². The van der Waals surface area contributed by atoms with Crippen LogP contribution < -0.4 is 0 Å². The van der Waals surface area contributed by atoms with E-state index >= 15 is 0 Å². The van der Waals surface area contributed by atoms with Crippen LogP contribution in [-0.2, 0) is 5.41 Å². The maximum atomic E-state index is 4.59. The van der Waals surface area contributed by atoms with Crippen LogP contribution in [0.15, 0.2) is 12.3 Å². The molecule has 2 nitrogen and oxygen atoms in total. The summed E-state index contributed by atoms with van der Waals surface area (Å²) in [5.41, 5.74) is 2.27. The summed E-state index contributed by atoms with van der Waals surface area (Å²) in [7, 11) is 0. The van der Waals surface area contributed by atoms with Gasteiger partial charge in [-0.1, -0.05) is 34.6 Å². The largest absolute Gasteiger partial charge is 0.258 e. The summed E-state index contributed by atoms with van der Waals surface area (Å²) in [5, 5.41) is 1.20. The highest BCUT2D eigenvalue weighted by molar-refractivity contribution is 7.18. The Hall–Kier alpha value is -0.960. The van der Waals surface area contributed by atoms with Gasteiger partial charge in [-0.05, 0) is 6.07 Å². The van der Waals surface area contributed by atoms with Gasteiger partial charge in [-0.3, -0.25) is 4.98 Å². The van der Waals surface area contributed by atoms with E-state index in [9.17, 15) is 0 Å². The highest BCUT2D eigenvalue weighted by atomic mass is 32.1. The number of rotatable bonds is 1. The van der Waals surface area contributed by atoms with Crippen LogP contribution >= 0.6 is 11.3 Å². The molecule has 3 heteroatoms. The molecule has 0 N–H and O–H groups in total. The second-order valence-electron chi connectivity index (χ2n) is 5.49. The lowest BCUT2D eigenvalue weighted by Crippen LogP contribution is -2.12. The lowest BCUT2D eigenvalue weighted by molar-refractivity contribution is 0.570. The van der Waals surface area contributed by atoms with Crippen molar-refractivity contribution in [2.75, 3.05) is 0 Å². The molecule has 0 aromatic carbocycles. The molecule has 16 heavy (non-hydrogen) atoms. The van der Waals surface area contributed by atoms with Crippen molar-refractivity contribution in [2.24, 2.45) is 0 Å². The minimum atomic E-state index is 0.107. The Kier molecular flexibility index (Phi) is 2.74. The molecule has 0 aliphatic rings. The van der Waals surface area contributed by atoms with Gasteiger partial charge in [-0.2, -0.15) is 0 Å². The fraction of sp³-hybridized carbons (Fsp3) is 0.538. The number of hydrogen-bond acceptors (Lipinski definition) is 3. The zero-order chi connectivity index (χ0) is 11.9. The van der Waals surface area contributed by atoms with Crippen molar-refractivity contribution in [3.63, 3.8) is 0 Å². The van der Waals surface area contributed by atoms with E-state index in [1.807, 2.05) is 6.20 Å². The van der Waals surface area contributed by atoms with Crippen LogP contribution in [0.4, 0.5) is 0 Å². The Morgan fingerprint density at radius 3 is 2.50 bits per heavy atom. The van der Waals surface area contributed by atoms with E-state index in [0.29, 0.717) is 5.92 Å². The van der Waals surface area contributed by atoms with Crippen LogP contribution in [-0.4, -0.2) is 9.97 Å². The third-order valence-electron chi connectivity index (χ3n) is 2.55. The highest BCUT2D eigenvalue weighted by Gasteiger charge is 2.17. The molecule has 0 aliphatic carbocycles. The predicted octanol–water partition coefficient (Wildman–Crippen LogP) is 4.11. The third kappa shape index (κ3) is 2.09. The molecule has 0 unspecified atom stereocenters. The summed E-state index contributed by atoms with van der Waals surface area (Å²) < 4.78 is 1.25. The number of aromatic nitrogens is 2. The molecule has 0 saturated heterocycles. The number of fused-ring (bicyclic) bond motifs is 1. The molecule has 2 aromatic heterocycles. The smallest absolute Gasteiger partial charge is 0.0998 e. The highest BCUT2D eigenvalue weighted by Crippen LogP contribution is 2.30. The maximum Gasteiger partial charge on any atom is 0.0998 e. The Morgan fingerprint density at radius 1 is 1.25 bits per heavy atom. The molecule has 0 atom stereocenters. The topological polar surface area (TPSA) is 25.8 Å². The average molecular weight is 234 g/mol. The van der Waals surface area contributed by atoms with Crippen LogP contribution in [0.25, 0.3) is 10.2 Å². The second-order valence-corrected chi connectivity index (χ2v) is 6.56. The van der Waals surface area contributed by atoms with Gasteiger partial charge in [0.05, 0.1) is 21.4 Å². The lowest BCUT2D eigenvalue weighted by Gasteiger charge is -2.16. The standard InChI is InChI=1S/C13H18N2S/c1-8(2)12-15-9-7-14-11(13(3,4)5)6-10(9)16-12/h6-8H,1-5H3. The molecule has 0 fully saturated rings. The van der Waals surface area contributed by atoms with Gasteiger partial charge < -0.3 is 0 Å². The zero-order valence-electron chi connectivity index (χ0n) is 10.5. The Morgan fingerprint density at radius 2 is 1.94 bits per heavy atom. The predicted molar refractivity (Wildman–Crippen MR) is 70.2 cm³/mol. The minimum Gasteiger partial charge on any atom is -0.258 e. The molecule has 0 radical (unpaired) electrons. The molecule has 2 heterocycles. The first-order valence-corrected chi connectivity index (χ1v) is 6.46. The summed E-state index contributed by atoms with van der Waals surface area (Å²) >= 11 is 1.78. The summed E-state index contributed by atoms with van der Waals surface area (Å²) in [6.07, 6.45) is 1.90. The fourth-order valence-electron chi connectivity index (χ4n) is 1.51. The van der Waals surface area contributed by atoms with Crippen LogP contribution in [0.3, 0.4) is 0 Å². The molecule has 0 aliphatic heterocycles. The molecule has 0 bridgehead atoms. The van der Waals surface area contributed by atoms with E-state index in [1.54, 1.807) is 11.3 Å². The summed E-state index contributed by atoms with van der Waals surface area (Å²) in [6, 6.07) is 2.18. The number of thiazole rings is 1. The van der Waals surface area contributed by atoms with Crippen LogP contribution in [0, 0.1) is 0 Å². The van der Waals surface area contributed by atoms with Gasteiger partial charge in [0.1, 0.15) is 0 Å². The number of hydrogen-bond donors (Lipinski definition) is 0.